The minimum atomic E-state index is -3.80. The third kappa shape index (κ3) is 5.06. The molecule has 0 bridgehead atoms. The summed E-state index contributed by atoms with van der Waals surface area (Å²) in [7, 11) is -3.80. The molecule has 1 N–H and O–H groups in total. The van der Waals surface area contributed by atoms with Crippen LogP contribution in [0.4, 0.5) is 5.69 Å². The minimum Gasteiger partial charge on any atom is -0.346 e. The molecule has 156 valence electrons. The largest absolute Gasteiger partial charge is 0.346 e. The number of anilines is 1. The van der Waals surface area contributed by atoms with Crippen molar-refractivity contribution in [2.45, 2.75) is 18.7 Å². The molecule has 0 atom stereocenters. The molecule has 1 fully saturated rings. The number of hydrogen-bond acceptors (Lipinski definition) is 3. The molecule has 2 aromatic rings. The van der Waals surface area contributed by atoms with E-state index in [1.807, 2.05) is 36.9 Å². The van der Waals surface area contributed by atoms with Crippen LogP contribution in [0.25, 0.3) is 0 Å². The fourth-order valence-electron chi connectivity index (χ4n) is 3.10. The maximum atomic E-state index is 13.1. The first-order valence-corrected chi connectivity index (χ1v) is 12.3. The van der Waals surface area contributed by atoms with E-state index < -0.39 is 10.0 Å². The fourth-order valence-corrected chi connectivity index (χ4v) is 6.70. The highest BCUT2D eigenvalue weighted by atomic mass is 79.9. The molecule has 0 aromatic heterocycles. The van der Waals surface area contributed by atoms with Crippen LogP contribution < -0.4 is 5.32 Å². The lowest BCUT2D eigenvalue weighted by Crippen LogP contribution is -2.51. The summed E-state index contributed by atoms with van der Waals surface area (Å²) in [6, 6.07) is 9.18. The molecule has 2 aromatic carbocycles. The average molecular weight is 537 g/mol. The maximum Gasteiger partial charge on any atom is 0.246 e. The number of hydrogen-bond donors (Lipinski definition) is 1. The van der Waals surface area contributed by atoms with E-state index in [1.165, 1.54) is 16.4 Å². The molecule has 10 heteroatoms. The lowest BCUT2D eigenvalue weighted by Gasteiger charge is -2.35. The molecule has 0 aliphatic carbocycles. The predicted molar refractivity (Wildman–Crippen MR) is 127 cm³/mol. The number of benzene rings is 2. The zero-order chi connectivity index (χ0) is 21.3. The highest BCUT2D eigenvalue weighted by Gasteiger charge is 2.32. The molecule has 1 aliphatic rings. The van der Waals surface area contributed by atoms with E-state index in [4.69, 9.17) is 35.4 Å². The van der Waals surface area contributed by atoms with Crippen LogP contribution in [0.1, 0.15) is 11.1 Å². The van der Waals surface area contributed by atoms with Gasteiger partial charge in [-0.2, -0.15) is 4.31 Å². The van der Waals surface area contributed by atoms with Crippen LogP contribution in [0.15, 0.2) is 39.7 Å². The van der Waals surface area contributed by atoms with Crippen molar-refractivity contribution in [2.75, 3.05) is 31.5 Å². The Morgan fingerprint density at radius 1 is 1.07 bits per heavy atom. The van der Waals surface area contributed by atoms with Gasteiger partial charge in [0, 0.05) is 36.3 Å². The minimum absolute atomic E-state index is 0.0615. The van der Waals surface area contributed by atoms with Crippen LogP contribution in [0.5, 0.6) is 0 Å². The van der Waals surface area contributed by atoms with Gasteiger partial charge in [-0.05, 0) is 55.4 Å². The molecular formula is C19H20BrCl2N3O2S2. The zero-order valence-corrected chi connectivity index (χ0v) is 20.6. The highest BCUT2D eigenvalue weighted by Crippen LogP contribution is 2.35. The SMILES string of the molecule is Cc1ccc(C)c(NC(=S)N2CCN(S(=O)(=O)c3c(Cl)cc(Br)cc3Cl)CC2)c1. The van der Waals surface area contributed by atoms with Gasteiger partial charge in [-0.3, -0.25) is 0 Å². The summed E-state index contributed by atoms with van der Waals surface area (Å²) in [5, 5.41) is 4.04. The molecule has 0 unspecified atom stereocenters. The summed E-state index contributed by atoms with van der Waals surface area (Å²) >= 11 is 21.2. The summed E-state index contributed by atoms with van der Waals surface area (Å²) in [6.45, 7) is 5.57. The number of sulfonamides is 1. The number of thiocarbonyl (C=S) groups is 1. The topological polar surface area (TPSA) is 52.6 Å². The summed E-state index contributed by atoms with van der Waals surface area (Å²) in [5.41, 5.74) is 3.19. The molecule has 1 heterocycles. The van der Waals surface area contributed by atoms with E-state index in [0.29, 0.717) is 35.8 Å². The van der Waals surface area contributed by atoms with Crippen molar-refractivity contribution in [3.8, 4) is 0 Å². The Morgan fingerprint density at radius 3 is 2.24 bits per heavy atom. The van der Waals surface area contributed by atoms with Gasteiger partial charge in [0.15, 0.2) is 5.11 Å². The number of halogens is 3. The molecule has 0 saturated carbocycles. The molecule has 0 spiro atoms. The van der Waals surface area contributed by atoms with Crippen molar-refractivity contribution in [3.05, 3.63) is 56.0 Å². The second-order valence-electron chi connectivity index (χ2n) is 6.84. The number of nitrogens with one attached hydrogen (secondary N) is 1. The second-order valence-corrected chi connectivity index (χ2v) is 10.8. The van der Waals surface area contributed by atoms with Crippen LogP contribution in [0, 0.1) is 13.8 Å². The average Bonchev–Trinajstić information content (AvgIpc) is 2.63. The van der Waals surface area contributed by atoms with Gasteiger partial charge < -0.3 is 10.2 Å². The normalized spacial score (nSPS) is 15.4. The summed E-state index contributed by atoms with van der Waals surface area (Å²) in [6.07, 6.45) is 0. The summed E-state index contributed by atoms with van der Waals surface area (Å²) in [4.78, 5) is 1.90. The van der Waals surface area contributed by atoms with E-state index in [9.17, 15) is 8.42 Å². The van der Waals surface area contributed by atoms with Crippen LogP contribution in [0.3, 0.4) is 0 Å². The molecule has 29 heavy (non-hydrogen) atoms. The smallest absolute Gasteiger partial charge is 0.246 e. The lowest BCUT2D eigenvalue weighted by molar-refractivity contribution is 0.268. The van der Waals surface area contributed by atoms with E-state index in [1.54, 1.807) is 0 Å². The fraction of sp³-hybridized carbons (Fsp3) is 0.316. The monoisotopic (exact) mass is 535 g/mol. The van der Waals surface area contributed by atoms with Gasteiger partial charge in [0.05, 0.1) is 10.0 Å². The van der Waals surface area contributed by atoms with Gasteiger partial charge in [0.2, 0.25) is 10.0 Å². The van der Waals surface area contributed by atoms with E-state index in [2.05, 4.69) is 21.2 Å². The lowest BCUT2D eigenvalue weighted by atomic mass is 10.1. The van der Waals surface area contributed by atoms with Gasteiger partial charge in [-0.25, -0.2) is 8.42 Å². The number of piperazine rings is 1. The van der Waals surface area contributed by atoms with Crippen molar-refractivity contribution in [1.82, 2.24) is 9.21 Å². The van der Waals surface area contributed by atoms with Crippen molar-refractivity contribution >= 4 is 72.2 Å². The quantitative estimate of drug-likeness (QED) is 0.554. The standard InChI is InChI=1S/C19H20BrCl2N3O2S2/c1-12-3-4-13(2)17(9-12)23-19(28)24-5-7-25(8-6-24)29(26,27)18-15(21)10-14(20)11-16(18)22/h3-4,9-11H,5-8H2,1-2H3,(H,23,28). The Morgan fingerprint density at radius 2 is 1.66 bits per heavy atom. The number of rotatable bonds is 3. The van der Waals surface area contributed by atoms with E-state index in [-0.39, 0.29) is 14.9 Å². The first-order chi connectivity index (χ1) is 13.6. The zero-order valence-electron chi connectivity index (χ0n) is 15.9. The van der Waals surface area contributed by atoms with Gasteiger partial charge in [0.1, 0.15) is 4.90 Å². The first kappa shape index (κ1) is 22.8. The molecule has 3 rings (SSSR count). The van der Waals surface area contributed by atoms with Crippen molar-refractivity contribution in [3.63, 3.8) is 0 Å². The van der Waals surface area contributed by atoms with Gasteiger partial charge >= 0.3 is 0 Å². The molecule has 1 saturated heterocycles. The Kier molecular flexibility index (Phi) is 7.13. The Labute approximate surface area is 195 Å². The third-order valence-electron chi connectivity index (χ3n) is 4.72. The second kappa shape index (κ2) is 9.08. The van der Waals surface area contributed by atoms with E-state index >= 15 is 0 Å². The predicted octanol–water partition coefficient (Wildman–Crippen LogP) is 5.08. The van der Waals surface area contributed by atoms with E-state index in [0.717, 1.165) is 16.8 Å². The van der Waals surface area contributed by atoms with Crippen LogP contribution in [0.2, 0.25) is 10.0 Å². The maximum absolute atomic E-state index is 13.1. The molecule has 1 aliphatic heterocycles. The van der Waals surface area contributed by atoms with Crippen LogP contribution >= 0.6 is 51.3 Å². The Hall–Kier alpha value is -0.900. The summed E-state index contributed by atoms with van der Waals surface area (Å²) in [5.74, 6) is 0. The third-order valence-corrected chi connectivity index (χ3v) is 8.36. The van der Waals surface area contributed by atoms with Crippen LogP contribution in [-0.4, -0.2) is 48.9 Å². The van der Waals surface area contributed by atoms with Crippen molar-refractivity contribution in [2.24, 2.45) is 0 Å². The summed E-state index contributed by atoms with van der Waals surface area (Å²) < 4.78 is 28.1. The molecular weight excluding hydrogens is 517 g/mol. The van der Waals surface area contributed by atoms with Gasteiger partial charge in [-0.15, -0.1) is 0 Å². The van der Waals surface area contributed by atoms with Crippen molar-refractivity contribution < 1.29 is 8.42 Å². The van der Waals surface area contributed by atoms with Gasteiger partial charge in [-0.1, -0.05) is 51.3 Å². The number of nitrogens with zero attached hydrogens (tertiary/aromatic N) is 2. The first-order valence-electron chi connectivity index (χ1n) is 8.87. The molecule has 0 radical (unpaired) electrons. The van der Waals surface area contributed by atoms with Crippen LogP contribution in [-0.2, 0) is 10.0 Å². The highest BCUT2D eigenvalue weighted by molar-refractivity contribution is 9.10. The van der Waals surface area contributed by atoms with Crippen molar-refractivity contribution in [1.29, 1.82) is 0 Å². The molecule has 0 amide bonds. The molecule has 5 nitrogen and oxygen atoms in total. The Balaban J connectivity index is 1.70. The Bertz CT molecular complexity index is 1030. The number of aryl methyl sites for hydroxylation is 2. The van der Waals surface area contributed by atoms with Gasteiger partial charge in [0.25, 0.3) is 0 Å².